The molecule has 0 amide bonds. The predicted molar refractivity (Wildman–Crippen MR) is 64.1 cm³/mol. The number of Topliss-reactive ketones (excluding diaryl/α,β-unsaturated/α-hetero) is 1. The van der Waals surface area contributed by atoms with Crippen molar-refractivity contribution in [1.29, 1.82) is 0 Å². The van der Waals surface area contributed by atoms with Crippen LogP contribution in [0.15, 0.2) is 28.8 Å². The van der Waals surface area contributed by atoms with E-state index in [1.54, 1.807) is 12.1 Å². The maximum atomic E-state index is 11.0. The van der Waals surface area contributed by atoms with Crippen LogP contribution in [0.3, 0.4) is 0 Å². The minimum Gasteiger partial charge on any atom is -0.288 e. The molecule has 0 aliphatic heterocycles. The SMILES string of the molecule is CC(=O)C(=Cc1ccc(C)cc1S)[N+](=O)[O-]. The number of nitrogens with zero attached hydrogens (tertiary/aromatic N) is 1. The Morgan fingerprint density at radius 3 is 2.56 bits per heavy atom. The summed E-state index contributed by atoms with van der Waals surface area (Å²) in [5.74, 6) is -0.571. The molecule has 0 radical (unpaired) electrons. The quantitative estimate of drug-likeness (QED) is 0.380. The van der Waals surface area contributed by atoms with Gasteiger partial charge in [0.2, 0.25) is 5.78 Å². The van der Waals surface area contributed by atoms with Crippen LogP contribution in [0.4, 0.5) is 0 Å². The van der Waals surface area contributed by atoms with Gasteiger partial charge in [0.15, 0.2) is 0 Å². The summed E-state index contributed by atoms with van der Waals surface area (Å²) in [6.07, 6.45) is 1.24. The lowest BCUT2D eigenvalue weighted by Gasteiger charge is -2.00. The van der Waals surface area contributed by atoms with Gasteiger partial charge >= 0.3 is 5.70 Å². The van der Waals surface area contributed by atoms with Crippen molar-refractivity contribution in [2.24, 2.45) is 0 Å². The van der Waals surface area contributed by atoms with Gasteiger partial charge in [0.05, 0.1) is 4.92 Å². The number of allylic oxidation sites excluding steroid dienone is 1. The number of hydrogen-bond acceptors (Lipinski definition) is 4. The number of hydrogen-bond donors (Lipinski definition) is 1. The highest BCUT2D eigenvalue weighted by atomic mass is 32.1. The van der Waals surface area contributed by atoms with Crippen LogP contribution < -0.4 is 0 Å². The maximum absolute atomic E-state index is 11.0. The first kappa shape index (κ1) is 12.4. The zero-order chi connectivity index (χ0) is 12.3. The molecule has 4 nitrogen and oxygen atoms in total. The summed E-state index contributed by atoms with van der Waals surface area (Å²) in [5, 5.41) is 10.6. The van der Waals surface area contributed by atoms with Gasteiger partial charge in [-0.05, 0) is 24.1 Å². The van der Waals surface area contributed by atoms with Gasteiger partial charge in [-0.15, -0.1) is 12.6 Å². The summed E-state index contributed by atoms with van der Waals surface area (Å²) >= 11 is 4.20. The molecular formula is C11H11NO3S. The van der Waals surface area contributed by atoms with Gasteiger partial charge in [-0.2, -0.15) is 0 Å². The Labute approximate surface area is 98.5 Å². The van der Waals surface area contributed by atoms with Crippen LogP contribution in [0, 0.1) is 17.0 Å². The van der Waals surface area contributed by atoms with E-state index in [4.69, 9.17) is 0 Å². The van der Waals surface area contributed by atoms with Gasteiger partial charge in [-0.1, -0.05) is 12.1 Å². The lowest BCUT2D eigenvalue weighted by atomic mass is 10.1. The number of carbonyl (C=O) groups excluding carboxylic acids is 1. The van der Waals surface area contributed by atoms with Gasteiger partial charge in [0, 0.05) is 17.9 Å². The summed E-state index contributed by atoms with van der Waals surface area (Å²) in [5.41, 5.74) is 1.14. The second kappa shape index (κ2) is 4.94. The molecule has 16 heavy (non-hydrogen) atoms. The molecule has 0 spiro atoms. The summed E-state index contributed by atoms with van der Waals surface area (Å²) < 4.78 is 0. The van der Waals surface area contributed by atoms with Gasteiger partial charge in [0.1, 0.15) is 0 Å². The van der Waals surface area contributed by atoms with E-state index < -0.39 is 16.4 Å². The van der Waals surface area contributed by atoms with Gasteiger partial charge < -0.3 is 0 Å². The molecule has 0 heterocycles. The lowest BCUT2D eigenvalue weighted by Crippen LogP contribution is -2.07. The number of nitro groups is 1. The van der Waals surface area contributed by atoms with Crippen molar-refractivity contribution in [3.8, 4) is 0 Å². The Hall–Kier alpha value is -1.62. The molecule has 1 aromatic carbocycles. The Kier molecular flexibility index (Phi) is 3.84. The zero-order valence-corrected chi connectivity index (χ0v) is 9.82. The van der Waals surface area contributed by atoms with E-state index in [2.05, 4.69) is 12.6 Å². The molecule has 84 valence electrons. The molecule has 0 saturated heterocycles. The molecule has 0 atom stereocenters. The van der Waals surface area contributed by atoms with Crippen LogP contribution >= 0.6 is 12.6 Å². The molecule has 5 heteroatoms. The second-order valence-corrected chi connectivity index (χ2v) is 3.89. The number of aryl methyl sites for hydroxylation is 1. The normalized spacial score (nSPS) is 11.3. The highest BCUT2D eigenvalue weighted by molar-refractivity contribution is 7.80. The molecule has 0 aromatic heterocycles. The van der Waals surface area contributed by atoms with E-state index in [1.807, 2.05) is 13.0 Å². The number of ketones is 1. The van der Waals surface area contributed by atoms with Crippen LogP contribution in [0.2, 0.25) is 0 Å². The van der Waals surface area contributed by atoms with Gasteiger partial charge in [-0.25, -0.2) is 0 Å². The van der Waals surface area contributed by atoms with Crippen molar-refractivity contribution in [1.82, 2.24) is 0 Å². The van der Waals surface area contributed by atoms with Crippen LogP contribution in [-0.4, -0.2) is 10.7 Å². The summed E-state index contributed by atoms with van der Waals surface area (Å²) in [6.45, 7) is 3.06. The van der Waals surface area contributed by atoms with Crippen LogP contribution in [0.25, 0.3) is 6.08 Å². The van der Waals surface area contributed by atoms with E-state index in [0.717, 1.165) is 5.56 Å². The highest BCUT2D eigenvalue weighted by Gasteiger charge is 2.17. The zero-order valence-electron chi connectivity index (χ0n) is 8.93. The monoisotopic (exact) mass is 237 g/mol. The average molecular weight is 237 g/mol. The standard InChI is InChI=1S/C11H11NO3S/c1-7-3-4-9(11(16)5-7)6-10(8(2)13)12(14)15/h3-6,16H,1-2H3. The third-order valence-corrected chi connectivity index (χ3v) is 2.42. The van der Waals surface area contributed by atoms with Crippen LogP contribution in [0.5, 0.6) is 0 Å². The van der Waals surface area contributed by atoms with Crippen molar-refractivity contribution in [3.63, 3.8) is 0 Å². The molecule has 0 N–H and O–H groups in total. The van der Waals surface area contributed by atoms with Crippen molar-refractivity contribution in [3.05, 3.63) is 45.1 Å². The Morgan fingerprint density at radius 1 is 1.50 bits per heavy atom. The molecule has 0 bridgehead atoms. The smallest absolute Gasteiger partial charge is 0.288 e. The first-order valence-electron chi connectivity index (χ1n) is 4.58. The molecule has 0 aliphatic carbocycles. The largest absolute Gasteiger partial charge is 0.312 e. The highest BCUT2D eigenvalue weighted by Crippen LogP contribution is 2.19. The number of thiol groups is 1. The van der Waals surface area contributed by atoms with Crippen LogP contribution in [-0.2, 0) is 4.79 Å². The van der Waals surface area contributed by atoms with E-state index >= 15 is 0 Å². The molecular weight excluding hydrogens is 226 g/mol. The predicted octanol–water partition coefficient (Wildman–Crippen LogP) is 2.49. The van der Waals surface area contributed by atoms with Gasteiger partial charge in [-0.3, -0.25) is 14.9 Å². The topological polar surface area (TPSA) is 60.2 Å². The Bertz CT molecular complexity index is 464. The van der Waals surface area contributed by atoms with E-state index in [1.165, 1.54) is 13.0 Å². The third-order valence-electron chi connectivity index (χ3n) is 2.04. The molecule has 1 rings (SSSR count). The minimum absolute atomic E-state index is 0.431. The molecule has 1 aromatic rings. The first-order valence-corrected chi connectivity index (χ1v) is 5.03. The average Bonchev–Trinajstić information content (AvgIpc) is 2.15. The maximum Gasteiger partial charge on any atom is 0.312 e. The van der Waals surface area contributed by atoms with E-state index in [9.17, 15) is 14.9 Å². The third kappa shape index (κ3) is 2.93. The minimum atomic E-state index is -0.685. The number of carbonyl (C=O) groups is 1. The summed E-state index contributed by atoms with van der Waals surface area (Å²) in [6, 6.07) is 5.29. The fourth-order valence-electron chi connectivity index (χ4n) is 1.21. The second-order valence-electron chi connectivity index (χ2n) is 3.41. The Morgan fingerprint density at radius 2 is 2.12 bits per heavy atom. The summed E-state index contributed by atoms with van der Waals surface area (Å²) in [7, 11) is 0. The molecule has 0 saturated carbocycles. The number of rotatable bonds is 3. The fraction of sp³-hybridized carbons (Fsp3) is 0.182. The van der Waals surface area contributed by atoms with Crippen molar-refractivity contribution in [2.45, 2.75) is 18.7 Å². The van der Waals surface area contributed by atoms with Crippen molar-refractivity contribution >= 4 is 24.5 Å². The van der Waals surface area contributed by atoms with E-state index in [0.29, 0.717) is 10.5 Å². The fourth-order valence-corrected chi connectivity index (χ4v) is 1.55. The summed E-state index contributed by atoms with van der Waals surface area (Å²) in [4.78, 5) is 21.6. The van der Waals surface area contributed by atoms with Crippen molar-refractivity contribution < 1.29 is 9.72 Å². The Balaban J connectivity index is 3.23. The van der Waals surface area contributed by atoms with E-state index in [-0.39, 0.29) is 0 Å². The molecule has 0 aliphatic rings. The number of benzene rings is 1. The molecule has 0 fully saturated rings. The van der Waals surface area contributed by atoms with Crippen LogP contribution in [0.1, 0.15) is 18.1 Å². The lowest BCUT2D eigenvalue weighted by molar-refractivity contribution is -0.417. The first-order chi connectivity index (χ1) is 7.41. The van der Waals surface area contributed by atoms with Gasteiger partial charge in [0.25, 0.3) is 0 Å². The molecule has 0 unspecified atom stereocenters. The van der Waals surface area contributed by atoms with Crippen molar-refractivity contribution in [2.75, 3.05) is 0 Å².